The molecule has 0 spiro atoms. The van der Waals surface area contributed by atoms with E-state index in [-0.39, 0.29) is 0 Å². The minimum Gasteiger partial charge on any atom is -0.301 e. The molecule has 1 nitrogen and oxygen atoms in total. The van der Waals surface area contributed by atoms with E-state index < -0.39 is 0 Å². The van der Waals surface area contributed by atoms with Crippen LogP contribution in [-0.4, -0.2) is 13.3 Å². The summed E-state index contributed by atoms with van der Waals surface area (Å²) in [7, 11) is 1.81. The minimum atomic E-state index is 0.402. The molecule has 0 heterocycles. The second-order valence-electron chi connectivity index (χ2n) is 3.21. The van der Waals surface area contributed by atoms with Crippen LogP contribution >= 0.6 is 0 Å². The van der Waals surface area contributed by atoms with Gasteiger partial charge in [0.15, 0.2) is 0 Å². The van der Waals surface area contributed by atoms with E-state index in [9.17, 15) is 0 Å². The van der Waals surface area contributed by atoms with Gasteiger partial charge >= 0.3 is 0 Å². The normalized spacial score (nSPS) is 13.0. The zero-order chi connectivity index (χ0) is 6.62. The Bertz CT molecular complexity index is 76.9. The molecule has 0 aromatic rings. The molecule has 0 atom stereocenters. The van der Waals surface area contributed by atoms with Gasteiger partial charge in [0.25, 0.3) is 0 Å². The fourth-order valence-electron chi connectivity index (χ4n) is 0.365. The molecule has 0 aliphatic heterocycles. The molecule has 0 amide bonds. The lowest BCUT2D eigenvalue weighted by molar-refractivity contribution is 0.437. The Labute approximate surface area is 51.8 Å². The first-order chi connectivity index (χ1) is 3.56. The largest absolute Gasteiger partial charge is 0.301 e. The van der Waals surface area contributed by atoms with Crippen molar-refractivity contribution in [2.24, 2.45) is 10.4 Å². The molecule has 0 saturated carbocycles. The van der Waals surface area contributed by atoms with E-state index >= 15 is 0 Å². The van der Waals surface area contributed by atoms with E-state index in [0.29, 0.717) is 5.41 Å². The Morgan fingerprint density at radius 1 is 1.38 bits per heavy atom. The van der Waals surface area contributed by atoms with Crippen LogP contribution in [0.25, 0.3) is 0 Å². The van der Waals surface area contributed by atoms with Gasteiger partial charge in [-0.3, -0.25) is 0 Å². The van der Waals surface area contributed by atoms with E-state index in [1.165, 1.54) is 0 Å². The summed E-state index contributed by atoms with van der Waals surface area (Å²) in [6, 6.07) is 0. The standard InChI is InChI=1S/C7H15N/c1-7(2,3)5-6-8-4/h6H,5H2,1-4H3. The molecule has 0 saturated heterocycles. The number of hydrogen-bond acceptors (Lipinski definition) is 1. The predicted molar refractivity (Wildman–Crippen MR) is 38.5 cm³/mol. The highest BCUT2D eigenvalue weighted by molar-refractivity contribution is 5.57. The van der Waals surface area contributed by atoms with Crippen LogP contribution < -0.4 is 0 Å². The summed E-state index contributed by atoms with van der Waals surface area (Å²) in [6.45, 7) is 6.61. The first-order valence-corrected chi connectivity index (χ1v) is 2.97. The monoisotopic (exact) mass is 113 g/mol. The van der Waals surface area contributed by atoms with Crippen LogP contribution in [0.1, 0.15) is 27.2 Å². The summed E-state index contributed by atoms with van der Waals surface area (Å²) in [5.41, 5.74) is 0.402. The Morgan fingerprint density at radius 3 is 2.00 bits per heavy atom. The molecular weight excluding hydrogens is 98.1 g/mol. The van der Waals surface area contributed by atoms with E-state index in [0.717, 1.165) is 6.42 Å². The van der Waals surface area contributed by atoms with E-state index in [2.05, 4.69) is 25.8 Å². The van der Waals surface area contributed by atoms with Crippen LogP contribution in [0, 0.1) is 5.41 Å². The first kappa shape index (κ1) is 7.67. The Balaban J connectivity index is 3.39. The van der Waals surface area contributed by atoms with Gasteiger partial charge in [0, 0.05) is 7.05 Å². The highest BCUT2D eigenvalue weighted by Crippen LogP contribution is 2.15. The number of nitrogens with zero attached hydrogens (tertiary/aromatic N) is 1. The predicted octanol–water partition coefficient (Wildman–Crippen LogP) is 2.12. The van der Waals surface area contributed by atoms with Crippen LogP contribution in [0.3, 0.4) is 0 Å². The molecule has 0 unspecified atom stereocenters. The van der Waals surface area contributed by atoms with Gasteiger partial charge in [-0.2, -0.15) is 0 Å². The Morgan fingerprint density at radius 2 is 1.88 bits per heavy atom. The zero-order valence-corrected chi connectivity index (χ0v) is 6.23. The SMILES string of the molecule is CN=CCC(C)(C)C. The van der Waals surface area contributed by atoms with Crippen molar-refractivity contribution in [2.45, 2.75) is 27.2 Å². The van der Waals surface area contributed by atoms with Crippen molar-refractivity contribution >= 4 is 6.21 Å². The molecule has 0 fully saturated rings. The fraction of sp³-hybridized carbons (Fsp3) is 0.857. The third-order valence-electron chi connectivity index (χ3n) is 0.886. The van der Waals surface area contributed by atoms with Crippen LogP contribution in [-0.2, 0) is 0 Å². The molecule has 0 aromatic heterocycles. The first-order valence-electron chi connectivity index (χ1n) is 2.97. The van der Waals surface area contributed by atoms with E-state index in [1.807, 2.05) is 13.3 Å². The smallest absolute Gasteiger partial charge is 0.0273 e. The maximum absolute atomic E-state index is 3.90. The maximum atomic E-state index is 3.90. The highest BCUT2D eigenvalue weighted by Gasteiger charge is 2.05. The maximum Gasteiger partial charge on any atom is 0.0273 e. The molecular formula is C7H15N. The molecule has 0 bridgehead atoms. The molecule has 0 N–H and O–H groups in total. The van der Waals surface area contributed by atoms with Crippen LogP contribution in [0.15, 0.2) is 4.99 Å². The van der Waals surface area contributed by atoms with Crippen LogP contribution in [0.2, 0.25) is 0 Å². The zero-order valence-electron chi connectivity index (χ0n) is 6.23. The van der Waals surface area contributed by atoms with Crippen molar-refractivity contribution in [1.29, 1.82) is 0 Å². The highest BCUT2D eigenvalue weighted by atomic mass is 14.6. The fourth-order valence-corrected chi connectivity index (χ4v) is 0.365. The average Bonchev–Trinajstić information content (AvgIpc) is 1.59. The van der Waals surface area contributed by atoms with Gasteiger partial charge in [0.2, 0.25) is 0 Å². The van der Waals surface area contributed by atoms with Crippen molar-refractivity contribution in [3.63, 3.8) is 0 Å². The molecule has 0 rings (SSSR count). The second kappa shape index (κ2) is 2.85. The van der Waals surface area contributed by atoms with Gasteiger partial charge in [0.05, 0.1) is 0 Å². The summed E-state index contributed by atoms with van der Waals surface area (Å²) in [6.07, 6.45) is 3.03. The van der Waals surface area contributed by atoms with E-state index in [1.54, 1.807) is 0 Å². The lowest BCUT2D eigenvalue weighted by Crippen LogP contribution is -2.04. The average molecular weight is 113 g/mol. The van der Waals surface area contributed by atoms with Gasteiger partial charge in [-0.1, -0.05) is 20.8 Å². The minimum absolute atomic E-state index is 0.402. The van der Waals surface area contributed by atoms with Gasteiger partial charge in [-0.05, 0) is 18.1 Å². The lowest BCUT2D eigenvalue weighted by Gasteiger charge is -2.13. The van der Waals surface area contributed by atoms with Crippen molar-refractivity contribution in [2.75, 3.05) is 7.05 Å². The summed E-state index contributed by atoms with van der Waals surface area (Å²) < 4.78 is 0. The van der Waals surface area contributed by atoms with E-state index in [4.69, 9.17) is 0 Å². The van der Waals surface area contributed by atoms with Crippen LogP contribution in [0.4, 0.5) is 0 Å². The quantitative estimate of drug-likeness (QED) is 0.462. The molecule has 48 valence electrons. The molecule has 0 aromatic carbocycles. The summed E-state index contributed by atoms with van der Waals surface area (Å²) in [4.78, 5) is 3.90. The van der Waals surface area contributed by atoms with Crippen molar-refractivity contribution in [3.05, 3.63) is 0 Å². The van der Waals surface area contributed by atoms with Crippen molar-refractivity contribution in [1.82, 2.24) is 0 Å². The molecule has 0 aliphatic rings. The number of aliphatic imine (C=N–C) groups is 1. The van der Waals surface area contributed by atoms with Gasteiger partial charge in [0.1, 0.15) is 0 Å². The number of hydrogen-bond donors (Lipinski definition) is 0. The summed E-state index contributed by atoms with van der Waals surface area (Å²) in [5, 5.41) is 0. The van der Waals surface area contributed by atoms with Gasteiger partial charge < -0.3 is 4.99 Å². The van der Waals surface area contributed by atoms with Crippen molar-refractivity contribution in [3.8, 4) is 0 Å². The van der Waals surface area contributed by atoms with Gasteiger partial charge in [-0.15, -0.1) is 0 Å². The molecule has 1 heteroatoms. The number of rotatable bonds is 1. The topological polar surface area (TPSA) is 12.4 Å². The summed E-state index contributed by atoms with van der Waals surface area (Å²) >= 11 is 0. The Kier molecular flexibility index (Phi) is 2.74. The third-order valence-corrected chi connectivity index (χ3v) is 0.886. The molecule has 0 radical (unpaired) electrons. The second-order valence-corrected chi connectivity index (χ2v) is 3.21. The third kappa shape index (κ3) is 5.67. The van der Waals surface area contributed by atoms with Crippen molar-refractivity contribution < 1.29 is 0 Å². The summed E-state index contributed by atoms with van der Waals surface area (Å²) in [5.74, 6) is 0. The Hall–Kier alpha value is -0.330. The van der Waals surface area contributed by atoms with Crippen LogP contribution in [0.5, 0.6) is 0 Å². The molecule has 8 heavy (non-hydrogen) atoms. The molecule has 0 aliphatic carbocycles. The lowest BCUT2D eigenvalue weighted by atomic mass is 9.93. The van der Waals surface area contributed by atoms with Gasteiger partial charge in [-0.25, -0.2) is 0 Å².